The van der Waals surface area contributed by atoms with Crippen LogP contribution in [0.2, 0.25) is 0 Å². The number of hydrogen-bond donors (Lipinski definition) is 1. The van der Waals surface area contributed by atoms with Gasteiger partial charge in [0.1, 0.15) is 5.75 Å². The maximum Gasteiger partial charge on any atom is 0.122 e. The minimum atomic E-state index is 0.688. The summed E-state index contributed by atoms with van der Waals surface area (Å²) >= 11 is 1.86. The van der Waals surface area contributed by atoms with Gasteiger partial charge in [0.25, 0.3) is 0 Å². The Labute approximate surface area is 114 Å². The largest absolute Gasteiger partial charge is 0.496 e. The standard InChI is InChI=1S/C15H23NOS/c1-4-11-9-15(18-3)13(10-14(11)17-2)12-5-7-16-8-6-12/h9-10,12,16H,4-8H2,1-3H3. The number of nitrogens with one attached hydrogen (secondary N) is 1. The van der Waals surface area contributed by atoms with Gasteiger partial charge in [0.2, 0.25) is 0 Å². The van der Waals surface area contributed by atoms with Crippen LogP contribution in [0.15, 0.2) is 17.0 Å². The molecule has 0 aromatic heterocycles. The SMILES string of the molecule is CCc1cc(SC)c(C2CCNCC2)cc1OC. The van der Waals surface area contributed by atoms with E-state index in [0.29, 0.717) is 5.92 Å². The molecule has 18 heavy (non-hydrogen) atoms. The van der Waals surface area contributed by atoms with E-state index < -0.39 is 0 Å². The molecule has 0 atom stereocenters. The van der Waals surface area contributed by atoms with Crippen molar-refractivity contribution < 1.29 is 4.74 Å². The van der Waals surface area contributed by atoms with Gasteiger partial charge in [-0.25, -0.2) is 0 Å². The van der Waals surface area contributed by atoms with E-state index in [1.54, 1.807) is 7.11 Å². The third-order valence-electron chi connectivity index (χ3n) is 3.79. The number of thioether (sulfide) groups is 1. The van der Waals surface area contributed by atoms with Crippen LogP contribution in [0.5, 0.6) is 5.75 Å². The van der Waals surface area contributed by atoms with Gasteiger partial charge >= 0.3 is 0 Å². The zero-order chi connectivity index (χ0) is 13.0. The van der Waals surface area contributed by atoms with Gasteiger partial charge in [0.05, 0.1) is 7.11 Å². The summed E-state index contributed by atoms with van der Waals surface area (Å²) in [6.07, 6.45) is 5.68. The highest BCUT2D eigenvalue weighted by molar-refractivity contribution is 7.98. The average Bonchev–Trinajstić information content (AvgIpc) is 2.46. The lowest BCUT2D eigenvalue weighted by Crippen LogP contribution is -2.26. The Morgan fingerprint density at radius 3 is 2.61 bits per heavy atom. The second kappa shape index (κ2) is 6.48. The van der Waals surface area contributed by atoms with Gasteiger partial charge in [-0.15, -0.1) is 11.8 Å². The summed E-state index contributed by atoms with van der Waals surface area (Å²) in [7, 11) is 1.78. The molecule has 0 bridgehead atoms. The van der Waals surface area contributed by atoms with E-state index in [0.717, 1.165) is 25.3 Å². The van der Waals surface area contributed by atoms with E-state index in [9.17, 15) is 0 Å². The van der Waals surface area contributed by atoms with E-state index in [1.807, 2.05) is 11.8 Å². The summed E-state index contributed by atoms with van der Waals surface area (Å²) in [6.45, 7) is 4.46. The van der Waals surface area contributed by atoms with Crippen molar-refractivity contribution in [3.63, 3.8) is 0 Å². The van der Waals surface area contributed by atoms with Gasteiger partial charge in [0.15, 0.2) is 0 Å². The van der Waals surface area contributed by atoms with Crippen molar-refractivity contribution in [1.29, 1.82) is 0 Å². The van der Waals surface area contributed by atoms with Gasteiger partial charge in [-0.2, -0.15) is 0 Å². The summed E-state index contributed by atoms with van der Waals surface area (Å²) in [5, 5.41) is 3.44. The zero-order valence-corrected chi connectivity index (χ0v) is 12.4. The van der Waals surface area contributed by atoms with Gasteiger partial charge in [0, 0.05) is 4.90 Å². The minimum Gasteiger partial charge on any atom is -0.496 e. The zero-order valence-electron chi connectivity index (χ0n) is 11.6. The Kier molecular flexibility index (Phi) is 4.95. The topological polar surface area (TPSA) is 21.3 Å². The van der Waals surface area contributed by atoms with E-state index in [-0.39, 0.29) is 0 Å². The number of methoxy groups -OCH3 is 1. The van der Waals surface area contributed by atoms with Crippen molar-refractivity contribution >= 4 is 11.8 Å². The van der Waals surface area contributed by atoms with Gasteiger partial charge in [-0.05, 0) is 67.8 Å². The molecular weight excluding hydrogens is 242 g/mol. The molecule has 100 valence electrons. The maximum absolute atomic E-state index is 5.54. The van der Waals surface area contributed by atoms with Crippen LogP contribution in [0.1, 0.15) is 36.8 Å². The molecule has 1 saturated heterocycles. The molecule has 1 heterocycles. The lowest BCUT2D eigenvalue weighted by Gasteiger charge is -2.26. The number of benzene rings is 1. The first-order valence-corrected chi connectivity index (χ1v) is 7.98. The number of piperidine rings is 1. The smallest absolute Gasteiger partial charge is 0.122 e. The highest BCUT2D eigenvalue weighted by Crippen LogP contribution is 2.37. The van der Waals surface area contributed by atoms with Gasteiger partial charge < -0.3 is 10.1 Å². The lowest BCUT2D eigenvalue weighted by atomic mass is 9.89. The van der Waals surface area contributed by atoms with Crippen molar-refractivity contribution in [3.8, 4) is 5.75 Å². The monoisotopic (exact) mass is 265 g/mol. The van der Waals surface area contributed by atoms with Crippen LogP contribution in [-0.4, -0.2) is 26.5 Å². The summed E-state index contributed by atoms with van der Waals surface area (Å²) in [5.41, 5.74) is 2.80. The molecule has 3 heteroatoms. The van der Waals surface area contributed by atoms with Crippen LogP contribution < -0.4 is 10.1 Å². The molecule has 1 aromatic carbocycles. The summed E-state index contributed by atoms with van der Waals surface area (Å²) in [4.78, 5) is 1.43. The molecular formula is C15H23NOS. The lowest BCUT2D eigenvalue weighted by molar-refractivity contribution is 0.405. The highest BCUT2D eigenvalue weighted by atomic mass is 32.2. The maximum atomic E-state index is 5.54. The van der Waals surface area contributed by atoms with Crippen molar-refractivity contribution in [3.05, 3.63) is 23.3 Å². The average molecular weight is 265 g/mol. The molecule has 2 rings (SSSR count). The molecule has 0 aliphatic carbocycles. The van der Waals surface area contributed by atoms with Crippen molar-refractivity contribution in [1.82, 2.24) is 5.32 Å². The molecule has 1 aliphatic heterocycles. The Bertz CT molecular complexity index is 400. The fraction of sp³-hybridized carbons (Fsp3) is 0.600. The molecule has 0 spiro atoms. The molecule has 1 aliphatic rings. The third kappa shape index (κ3) is 2.83. The molecule has 0 saturated carbocycles. The van der Waals surface area contributed by atoms with E-state index in [1.165, 1.54) is 28.9 Å². The minimum absolute atomic E-state index is 0.688. The highest BCUT2D eigenvalue weighted by Gasteiger charge is 2.20. The molecule has 2 nitrogen and oxygen atoms in total. The van der Waals surface area contributed by atoms with Crippen molar-refractivity contribution in [2.75, 3.05) is 26.5 Å². The predicted molar refractivity (Wildman–Crippen MR) is 79.0 cm³/mol. The van der Waals surface area contributed by atoms with E-state index in [4.69, 9.17) is 4.74 Å². The molecule has 1 N–H and O–H groups in total. The van der Waals surface area contributed by atoms with Crippen LogP contribution >= 0.6 is 11.8 Å². The third-order valence-corrected chi connectivity index (χ3v) is 4.59. The van der Waals surface area contributed by atoms with Crippen LogP contribution in [0.25, 0.3) is 0 Å². The van der Waals surface area contributed by atoms with E-state index >= 15 is 0 Å². The number of ether oxygens (including phenoxy) is 1. The first kappa shape index (κ1) is 13.8. The van der Waals surface area contributed by atoms with Crippen molar-refractivity contribution in [2.24, 2.45) is 0 Å². The quantitative estimate of drug-likeness (QED) is 0.843. The number of hydrogen-bond acceptors (Lipinski definition) is 3. The molecule has 0 amide bonds. The Hall–Kier alpha value is -0.670. The summed E-state index contributed by atoms with van der Waals surface area (Å²) < 4.78 is 5.54. The van der Waals surface area contributed by atoms with Crippen molar-refractivity contribution in [2.45, 2.75) is 37.0 Å². The first-order chi connectivity index (χ1) is 8.80. The fourth-order valence-electron chi connectivity index (χ4n) is 2.71. The fourth-order valence-corrected chi connectivity index (χ4v) is 3.43. The predicted octanol–water partition coefficient (Wildman–Crippen LogP) is 3.45. The van der Waals surface area contributed by atoms with Gasteiger partial charge in [-0.1, -0.05) is 6.92 Å². The van der Waals surface area contributed by atoms with Crippen LogP contribution in [0.4, 0.5) is 0 Å². The Morgan fingerprint density at radius 2 is 2.06 bits per heavy atom. The van der Waals surface area contributed by atoms with E-state index in [2.05, 4.69) is 30.6 Å². The molecule has 1 fully saturated rings. The Morgan fingerprint density at radius 1 is 1.33 bits per heavy atom. The van der Waals surface area contributed by atoms with Crippen LogP contribution in [-0.2, 0) is 6.42 Å². The second-order valence-corrected chi connectivity index (χ2v) is 5.63. The summed E-state index contributed by atoms with van der Waals surface area (Å²) in [6, 6.07) is 4.60. The number of rotatable bonds is 4. The second-order valence-electron chi connectivity index (χ2n) is 4.78. The molecule has 0 unspecified atom stereocenters. The van der Waals surface area contributed by atoms with Crippen LogP contribution in [0, 0.1) is 0 Å². The summed E-state index contributed by atoms with van der Waals surface area (Å²) in [5.74, 6) is 1.75. The normalized spacial score (nSPS) is 16.8. The van der Waals surface area contributed by atoms with Crippen LogP contribution in [0.3, 0.4) is 0 Å². The van der Waals surface area contributed by atoms with Gasteiger partial charge in [-0.3, -0.25) is 0 Å². The number of aryl methyl sites for hydroxylation is 1. The molecule has 1 aromatic rings. The molecule has 0 radical (unpaired) electrons. The first-order valence-electron chi connectivity index (χ1n) is 6.75. The Balaban J connectivity index is 2.37.